The lowest BCUT2D eigenvalue weighted by Crippen LogP contribution is -2.27. The van der Waals surface area contributed by atoms with E-state index in [-0.39, 0.29) is 11.7 Å². The number of hydrogen-bond acceptors (Lipinski definition) is 6. The number of carbonyl (C=O) groups excluding carboxylic acids is 1. The van der Waals surface area contributed by atoms with Crippen LogP contribution in [0.2, 0.25) is 10.0 Å². The second-order valence-electron chi connectivity index (χ2n) is 6.39. The standard InChI is InChI=1S/C22H13Cl2N3O2S2/c23-14-6-8-18(17(24)12-14)26-25-15-7-9-19(28)13(10-15)11-20-21(29)27(22(30)31-20)16-4-2-1-3-5-16/h1-12,28H/b20-11+,26-25?. The summed E-state index contributed by atoms with van der Waals surface area (Å²) in [6, 6.07) is 18.8. The Bertz CT molecular complexity index is 1250. The number of hydrogen-bond donors (Lipinski definition) is 1. The van der Waals surface area contributed by atoms with Crippen molar-refractivity contribution in [2.45, 2.75) is 0 Å². The van der Waals surface area contributed by atoms with E-state index in [2.05, 4.69) is 10.2 Å². The summed E-state index contributed by atoms with van der Waals surface area (Å²) in [5, 5.41) is 19.4. The SMILES string of the molecule is O=C1/C(=C\c2cc(N=Nc3ccc(Cl)cc3Cl)ccc2O)SC(=S)N1c1ccccc1. The average molecular weight is 486 g/mol. The van der Waals surface area contributed by atoms with Crippen molar-refractivity contribution in [1.82, 2.24) is 0 Å². The van der Waals surface area contributed by atoms with Gasteiger partial charge in [-0.05, 0) is 54.6 Å². The first-order chi connectivity index (χ1) is 14.9. The Labute approximate surface area is 198 Å². The van der Waals surface area contributed by atoms with Crippen LogP contribution in [0.3, 0.4) is 0 Å². The number of anilines is 1. The fraction of sp³-hybridized carbons (Fsp3) is 0. The van der Waals surface area contributed by atoms with Crippen LogP contribution in [0.25, 0.3) is 6.08 Å². The molecule has 3 aromatic rings. The molecule has 1 aliphatic rings. The van der Waals surface area contributed by atoms with Crippen molar-refractivity contribution in [1.29, 1.82) is 0 Å². The molecule has 0 aliphatic carbocycles. The van der Waals surface area contributed by atoms with E-state index in [9.17, 15) is 9.90 Å². The maximum absolute atomic E-state index is 12.9. The van der Waals surface area contributed by atoms with Gasteiger partial charge in [0.05, 0.1) is 21.3 Å². The lowest BCUT2D eigenvalue weighted by molar-refractivity contribution is -0.113. The van der Waals surface area contributed by atoms with Gasteiger partial charge in [-0.2, -0.15) is 5.11 Å². The van der Waals surface area contributed by atoms with E-state index in [0.717, 1.165) is 0 Å². The molecular formula is C22H13Cl2N3O2S2. The third-order valence-corrected chi connectivity index (χ3v) is 6.13. The van der Waals surface area contributed by atoms with Crippen molar-refractivity contribution >= 4 is 80.5 Å². The number of aromatic hydroxyl groups is 1. The Morgan fingerprint density at radius 3 is 2.52 bits per heavy atom. The van der Waals surface area contributed by atoms with E-state index in [1.54, 1.807) is 36.4 Å². The highest BCUT2D eigenvalue weighted by atomic mass is 35.5. The molecule has 0 radical (unpaired) electrons. The van der Waals surface area contributed by atoms with Gasteiger partial charge in [0.2, 0.25) is 0 Å². The molecule has 1 heterocycles. The average Bonchev–Trinajstić information content (AvgIpc) is 3.03. The fourth-order valence-corrected chi connectivity index (χ4v) is 4.54. The fourth-order valence-electron chi connectivity index (χ4n) is 2.80. The van der Waals surface area contributed by atoms with Crippen LogP contribution in [0, 0.1) is 0 Å². The minimum atomic E-state index is -0.249. The first-order valence-electron chi connectivity index (χ1n) is 8.95. The molecule has 9 heteroatoms. The van der Waals surface area contributed by atoms with Crippen molar-refractivity contribution < 1.29 is 9.90 Å². The van der Waals surface area contributed by atoms with Gasteiger partial charge in [0.15, 0.2) is 4.32 Å². The molecule has 4 rings (SSSR count). The van der Waals surface area contributed by atoms with Crippen LogP contribution >= 0.6 is 47.2 Å². The predicted molar refractivity (Wildman–Crippen MR) is 131 cm³/mol. The summed E-state index contributed by atoms with van der Waals surface area (Å²) in [4.78, 5) is 14.8. The molecule has 0 aromatic heterocycles. The van der Waals surface area contributed by atoms with Gasteiger partial charge in [-0.1, -0.05) is 65.4 Å². The van der Waals surface area contributed by atoms with E-state index < -0.39 is 0 Å². The first kappa shape index (κ1) is 21.5. The van der Waals surface area contributed by atoms with Gasteiger partial charge in [0, 0.05) is 10.6 Å². The number of azo groups is 1. The Morgan fingerprint density at radius 1 is 1.00 bits per heavy atom. The van der Waals surface area contributed by atoms with Crippen LogP contribution in [0.5, 0.6) is 5.75 Å². The zero-order valence-corrected chi connectivity index (χ0v) is 18.8. The number of phenolic OH excluding ortho intramolecular Hbond substituents is 1. The predicted octanol–water partition coefficient (Wildman–Crippen LogP) is 7.52. The summed E-state index contributed by atoms with van der Waals surface area (Å²) < 4.78 is 0.426. The van der Waals surface area contributed by atoms with E-state index in [1.165, 1.54) is 22.7 Å². The van der Waals surface area contributed by atoms with Gasteiger partial charge in [-0.15, -0.1) is 5.11 Å². The molecule has 0 bridgehead atoms. The number of carbonyl (C=O) groups is 1. The van der Waals surface area contributed by atoms with E-state index >= 15 is 0 Å². The highest BCUT2D eigenvalue weighted by molar-refractivity contribution is 8.27. The minimum absolute atomic E-state index is 0.00783. The summed E-state index contributed by atoms with van der Waals surface area (Å²) in [7, 11) is 0. The zero-order valence-electron chi connectivity index (χ0n) is 15.7. The number of thiocarbonyl (C=S) groups is 1. The van der Waals surface area contributed by atoms with E-state index in [4.69, 9.17) is 35.4 Å². The molecule has 1 saturated heterocycles. The molecular weight excluding hydrogens is 473 g/mol. The minimum Gasteiger partial charge on any atom is -0.507 e. The van der Waals surface area contributed by atoms with Crippen LogP contribution < -0.4 is 4.90 Å². The van der Waals surface area contributed by atoms with Gasteiger partial charge in [0.25, 0.3) is 5.91 Å². The zero-order chi connectivity index (χ0) is 22.0. The molecule has 31 heavy (non-hydrogen) atoms. The smallest absolute Gasteiger partial charge is 0.270 e. The summed E-state index contributed by atoms with van der Waals surface area (Å²) in [5.74, 6) is -0.242. The van der Waals surface area contributed by atoms with Crippen LogP contribution in [0.15, 0.2) is 81.9 Å². The number of phenols is 1. The van der Waals surface area contributed by atoms with E-state index in [0.29, 0.717) is 41.9 Å². The van der Waals surface area contributed by atoms with Gasteiger partial charge < -0.3 is 5.11 Å². The van der Waals surface area contributed by atoms with E-state index in [1.807, 2.05) is 30.3 Å². The maximum atomic E-state index is 12.9. The molecule has 0 atom stereocenters. The van der Waals surface area contributed by atoms with Gasteiger partial charge >= 0.3 is 0 Å². The van der Waals surface area contributed by atoms with Gasteiger partial charge in [0.1, 0.15) is 11.4 Å². The summed E-state index contributed by atoms with van der Waals surface area (Å²) in [5.41, 5.74) is 2.06. The monoisotopic (exact) mass is 485 g/mol. The van der Waals surface area contributed by atoms with Crippen molar-refractivity contribution in [3.8, 4) is 5.75 Å². The third kappa shape index (κ3) is 4.80. The molecule has 154 valence electrons. The Hall–Kier alpha value is -2.71. The molecule has 1 amide bonds. The molecule has 1 aliphatic heterocycles. The van der Waals surface area contributed by atoms with Crippen molar-refractivity contribution in [3.63, 3.8) is 0 Å². The number of rotatable bonds is 4. The van der Waals surface area contributed by atoms with Crippen LogP contribution in [-0.2, 0) is 4.79 Å². The summed E-state index contributed by atoms with van der Waals surface area (Å²) >= 11 is 18.6. The molecule has 1 fully saturated rings. The molecule has 1 N–H and O–H groups in total. The lowest BCUT2D eigenvalue weighted by Gasteiger charge is -2.13. The van der Waals surface area contributed by atoms with Crippen LogP contribution in [0.4, 0.5) is 17.1 Å². The second-order valence-corrected chi connectivity index (χ2v) is 8.91. The normalized spacial score (nSPS) is 15.4. The van der Waals surface area contributed by atoms with Gasteiger partial charge in [-0.3, -0.25) is 9.69 Å². The molecule has 0 spiro atoms. The number of halogens is 2. The maximum Gasteiger partial charge on any atom is 0.270 e. The van der Waals surface area contributed by atoms with Crippen molar-refractivity contribution in [3.05, 3.63) is 87.2 Å². The first-order valence-corrected chi connectivity index (χ1v) is 10.9. The van der Waals surface area contributed by atoms with Gasteiger partial charge in [-0.25, -0.2) is 0 Å². The molecule has 5 nitrogen and oxygen atoms in total. The Kier molecular flexibility index (Phi) is 6.38. The number of nitrogens with zero attached hydrogens (tertiary/aromatic N) is 3. The largest absolute Gasteiger partial charge is 0.507 e. The van der Waals surface area contributed by atoms with Crippen molar-refractivity contribution in [2.75, 3.05) is 4.90 Å². The third-order valence-electron chi connectivity index (χ3n) is 4.29. The quantitative estimate of drug-likeness (QED) is 0.235. The number of benzene rings is 3. The van der Waals surface area contributed by atoms with Crippen LogP contribution in [0.1, 0.15) is 5.56 Å². The highest BCUT2D eigenvalue weighted by Crippen LogP contribution is 2.38. The number of amides is 1. The topological polar surface area (TPSA) is 65.3 Å². The Morgan fingerprint density at radius 2 is 1.77 bits per heavy atom. The second kappa shape index (κ2) is 9.20. The van der Waals surface area contributed by atoms with Crippen LogP contribution in [-0.4, -0.2) is 15.3 Å². The summed E-state index contributed by atoms with van der Waals surface area (Å²) in [6.07, 6.45) is 1.59. The summed E-state index contributed by atoms with van der Waals surface area (Å²) in [6.45, 7) is 0. The molecule has 0 saturated carbocycles. The highest BCUT2D eigenvalue weighted by Gasteiger charge is 2.33. The number of thioether (sulfide) groups is 1. The number of para-hydroxylation sites is 1. The molecule has 3 aromatic carbocycles. The Balaban J connectivity index is 1.62. The lowest BCUT2D eigenvalue weighted by atomic mass is 10.1. The van der Waals surface area contributed by atoms with Crippen molar-refractivity contribution in [2.24, 2.45) is 10.2 Å². The molecule has 0 unspecified atom stereocenters.